The van der Waals surface area contributed by atoms with Crippen LogP contribution in [0.3, 0.4) is 0 Å². The molecule has 0 saturated heterocycles. The van der Waals surface area contributed by atoms with Gasteiger partial charge in [0, 0.05) is 16.1 Å². The van der Waals surface area contributed by atoms with Gasteiger partial charge in [-0.2, -0.15) is 0 Å². The Labute approximate surface area is 95.2 Å². The summed E-state index contributed by atoms with van der Waals surface area (Å²) in [6, 6.07) is 5.38. The van der Waals surface area contributed by atoms with E-state index >= 15 is 0 Å². The highest BCUT2D eigenvalue weighted by atomic mass is 35.5. The van der Waals surface area contributed by atoms with Crippen LogP contribution in [0.1, 0.15) is 32.4 Å². The lowest BCUT2D eigenvalue weighted by atomic mass is 9.83. The minimum atomic E-state index is -0.0568. The summed E-state index contributed by atoms with van der Waals surface area (Å²) in [5.74, 6) is 0. The lowest BCUT2D eigenvalue weighted by Crippen LogP contribution is -2.26. The van der Waals surface area contributed by atoms with Crippen LogP contribution in [0, 0.1) is 5.41 Å². The van der Waals surface area contributed by atoms with Crippen molar-refractivity contribution in [3.05, 3.63) is 33.8 Å². The van der Waals surface area contributed by atoms with E-state index in [2.05, 4.69) is 20.8 Å². The SMILES string of the molecule is CC(C)(C)[C@@H](N)c1cc(Cl)cc(Cl)c1. The van der Waals surface area contributed by atoms with Crippen LogP contribution >= 0.6 is 23.2 Å². The van der Waals surface area contributed by atoms with Crippen molar-refractivity contribution in [3.8, 4) is 0 Å². The smallest absolute Gasteiger partial charge is 0.0424 e. The van der Waals surface area contributed by atoms with E-state index in [1.54, 1.807) is 6.07 Å². The van der Waals surface area contributed by atoms with Crippen LogP contribution in [-0.2, 0) is 0 Å². The first-order valence-electron chi connectivity index (χ1n) is 4.52. The van der Waals surface area contributed by atoms with E-state index < -0.39 is 0 Å². The van der Waals surface area contributed by atoms with Gasteiger partial charge in [0.05, 0.1) is 0 Å². The fourth-order valence-corrected chi connectivity index (χ4v) is 1.80. The molecular formula is C11H15Cl2N. The highest BCUT2D eigenvalue weighted by Crippen LogP contribution is 2.33. The van der Waals surface area contributed by atoms with Crippen LogP contribution in [-0.4, -0.2) is 0 Å². The third kappa shape index (κ3) is 2.88. The van der Waals surface area contributed by atoms with Crippen LogP contribution in [0.5, 0.6) is 0 Å². The van der Waals surface area contributed by atoms with Crippen LogP contribution < -0.4 is 5.73 Å². The minimum absolute atomic E-state index is 0.00795. The first-order valence-corrected chi connectivity index (χ1v) is 5.28. The number of hydrogen-bond acceptors (Lipinski definition) is 1. The van der Waals surface area contributed by atoms with Crippen molar-refractivity contribution in [2.45, 2.75) is 26.8 Å². The summed E-state index contributed by atoms with van der Waals surface area (Å²) < 4.78 is 0. The van der Waals surface area contributed by atoms with E-state index in [9.17, 15) is 0 Å². The number of rotatable bonds is 1. The Bertz CT molecular complexity index is 308. The number of hydrogen-bond donors (Lipinski definition) is 1. The number of benzene rings is 1. The van der Waals surface area contributed by atoms with Gasteiger partial charge in [0.25, 0.3) is 0 Å². The molecule has 0 aliphatic carbocycles. The van der Waals surface area contributed by atoms with Gasteiger partial charge < -0.3 is 5.73 Å². The van der Waals surface area contributed by atoms with Gasteiger partial charge in [-0.3, -0.25) is 0 Å². The van der Waals surface area contributed by atoms with E-state index in [0.717, 1.165) is 5.56 Å². The fourth-order valence-electron chi connectivity index (χ4n) is 1.25. The second kappa shape index (κ2) is 4.09. The molecule has 1 atom stereocenters. The van der Waals surface area contributed by atoms with E-state index in [1.165, 1.54) is 0 Å². The first-order chi connectivity index (χ1) is 6.30. The van der Waals surface area contributed by atoms with Crippen molar-refractivity contribution < 1.29 is 0 Å². The summed E-state index contributed by atoms with van der Waals surface area (Å²) in [6.45, 7) is 6.27. The van der Waals surface area contributed by atoms with Gasteiger partial charge in [-0.1, -0.05) is 44.0 Å². The zero-order chi connectivity index (χ0) is 10.9. The predicted octanol–water partition coefficient (Wildman–Crippen LogP) is 4.04. The normalized spacial score (nSPS) is 14.1. The van der Waals surface area contributed by atoms with Gasteiger partial charge in [0.15, 0.2) is 0 Å². The highest BCUT2D eigenvalue weighted by Gasteiger charge is 2.22. The van der Waals surface area contributed by atoms with Crippen molar-refractivity contribution in [3.63, 3.8) is 0 Å². The lowest BCUT2D eigenvalue weighted by Gasteiger charge is -2.27. The Morgan fingerprint density at radius 1 is 1.07 bits per heavy atom. The standard InChI is InChI=1S/C11H15Cl2N/c1-11(2,3)10(14)7-4-8(12)6-9(13)5-7/h4-6,10H,14H2,1-3H3/t10-/m0/s1. The van der Waals surface area contributed by atoms with E-state index in [1.807, 2.05) is 12.1 Å². The zero-order valence-electron chi connectivity index (χ0n) is 8.64. The van der Waals surface area contributed by atoms with Crippen molar-refractivity contribution >= 4 is 23.2 Å². The minimum Gasteiger partial charge on any atom is -0.324 e. The average Bonchev–Trinajstić information content (AvgIpc) is 1.99. The molecule has 0 aliphatic heterocycles. The summed E-state index contributed by atoms with van der Waals surface area (Å²) in [4.78, 5) is 0. The molecule has 0 spiro atoms. The van der Waals surface area contributed by atoms with Crippen LogP contribution in [0.25, 0.3) is 0 Å². The monoisotopic (exact) mass is 231 g/mol. The maximum Gasteiger partial charge on any atom is 0.0424 e. The maximum absolute atomic E-state index is 6.09. The van der Waals surface area contributed by atoms with Gasteiger partial charge in [-0.25, -0.2) is 0 Å². The quantitative estimate of drug-likeness (QED) is 0.776. The molecule has 1 aromatic carbocycles. The van der Waals surface area contributed by atoms with Gasteiger partial charge in [-0.15, -0.1) is 0 Å². The summed E-state index contributed by atoms with van der Waals surface area (Å²) in [6.07, 6.45) is 0. The van der Waals surface area contributed by atoms with Crippen molar-refractivity contribution in [1.82, 2.24) is 0 Å². The average molecular weight is 232 g/mol. The molecule has 0 amide bonds. The molecule has 78 valence electrons. The van der Waals surface area contributed by atoms with Crippen molar-refractivity contribution in [2.75, 3.05) is 0 Å². The molecule has 0 heterocycles. The molecule has 0 radical (unpaired) electrons. The van der Waals surface area contributed by atoms with E-state index in [-0.39, 0.29) is 11.5 Å². The first kappa shape index (κ1) is 11.8. The third-order valence-corrected chi connectivity index (χ3v) is 2.61. The molecular weight excluding hydrogens is 217 g/mol. The predicted molar refractivity (Wildman–Crippen MR) is 62.8 cm³/mol. The molecule has 0 unspecified atom stereocenters. The molecule has 0 fully saturated rings. The second-order valence-corrected chi connectivity index (χ2v) is 5.42. The largest absolute Gasteiger partial charge is 0.324 e. The molecule has 1 nitrogen and oxygen atoms in total. The van der Waals surface area contributed by atoms with Gasteiger partial charge >= 0.3 is 0 Å². The van der Waals surface area contributed by atoms with Crippen molar-refractivity contribution in [1.29, 1.82) is 0 Å². The van der Waals surface area contributed by atoms with Crippen LogP contribution in [0.15, 0.2) is 18.2 Å². The summed E-state index contributed by atoms with van der Waals surface area (Å²) in [5, 5.41) is 1.26. The highest BCUT2D eigenvalue weighted by molar-refractivity contribution is 6.34. The van der Waals surface area contributed by atoms with E-state index in [0.29, 0.717) is 10.0 Å². The van der Waals surface area contributed by atoms with Gasteiger partial charge in [-0.05, 0) is 29.2 Å². The molecule has 1 rings (SSSR count). The lowest BCUT2D eigenvalue weighted by molar-refractivity contribution is 0.327. The molecule has 0 aromatic heterocycles. The zero-order valence-corrected chi connectivity index (χ0v) is 10.2. The number of halogens is 2. The van der Waals surface area contributed by atoms with E-state index in [4.69, 9.17) is 28.9 Å². The molecule has 0 aliphatic rings. The molecule has 0 bridgehead atoms. The van der Waals surface area contributed by atoms with Crippen LogP contribution in [0.2, 0.25) is 10.0 Å². The summed E-state index contributed by atoms with van der Waals surface area (Å²) in [7, 11) is 0. The fraction of sp³-hybridized carbons (Fsp3) is 0.455. The molecule has 0 saturated carbocycles. The molecule has 3 heteroatoms. The van der Waals surface area contributed by atoms with Crippen LogP contribution in [0.4, 0.5) is 0 Å². The molecule has 2 N–H and O–H groups in total. The van der Waals surface area contributed by atoms with Crippen molar-refractivity contribution in [2.24, 2.45) is 11.1 Å². The van der Waals surface area contributed by atoms with Gasteiger partial charge in [0.1, 0.15) is 0 Å². The Morgan fingerprint density at radius 2 is 1.50 bits per heavy atom. The Hall–Kier alpha value is -0.240. The maximum atomic E-state index is 6.09. The molecule has 14 heavy (non-hydrogen) atoms. The Kier molecular flexibility index (Phi) is 3.46. The third-order valence-electron chi connectivity index (χ3n) is 2.18. The molecule has 1 aromatic rings. The number of nitrogens with two attached hydrogens (primary N) is 1. The second-order valence-electron chi connectivity index (χ2n) is 4.55. The summed E-state index contributed by atoms with van der Waals surface area (Å²) >= 11 is 11.8. The summed E-state index contributed by atoms with van der Waals surface area (Å²) in [5.41, 5.74) is 7.08. The Balaban J connectivity index is 3.07. The topological polar surface area (TPSA) is 26.0 Å². The van der Waals surface area contributed by atoms with Gasteiger partial charge in [0.2, 0.25) is 0 Å². The Morgan fingerprint density at radius 3 is 1.86 bits per heavy atom.